The summed E-state index contributed by atoms with van der Waals surface area (Å²) < 4.78 is 39.0. The van der Waals surface area contributed by atoms with Crippen molar-refractivity contribution in [3.63, 3.8) is 0 Å². The summed E-state index contributed by atoms with van der Waals surface area (Å²) in [6, 6.07) is 22.7. The molecule has 5 rings (SSSR count). The van der Waals surface area contributed by atoms with Crippen LogP contribution in [0.2, 0.25) is 0 Å². The fraction of sp³-hybridized carbons (Fsp3) is 0.125. The van der Waals surface area contributed by atoms with Crippen molar-refractivity contribution in [1.29, 1.82) is 0 Å². The van der Waals surface area contributed by atoms with Crippen LogP contribution in [0.1, 0.15) is 11.1 Å². The predicted molar refractivity (Wildman–Crippen MR) is 120 cm³/mol. The molecule has 1 aliphatic rings. The van der Waals surface area contributed by atoms with Crippen LogP contribution in [0.4, 0.5) is 0 Å². The lowest BCUT2D eigenvalue weighted by Gasteiger charge is -2.22. The number of aromatic amines is 1. The number of aromatic nitrogens is 1. The van der Waals surface area contributed by atoms with Crippen molar-refractivity contribution in [3.05, 3.63) is 100 Å². The molecule has 0 radical (unpaired) electrons. The molecule has 0 saturated heterocycles. The summed E-state index contributed by atoms with van der Waals surface area (Å²) in [6.07, 6.45) is 0. The quantitative estimate of drug-likeness (QED) is 0.486. The number of H-pyrrole nitrogens is 1. The van der Waals surface area contributed by atoms with E-state index in [0.29, 0.717) is 22.6 Å². The molecular formula is C24H20N2O5S. The van der Waals surface area contributed by atoms with Crippen molar-refractivity contribution in [1.82, 2.24) is 9.29 Å². The number of sulfonamides is 1. The Morgan fingerprint density at radius 2 is 1.50 bits per heavy atom. The standard InChI is InChI=1S/C24H20N2O5S/c27-24-19(11-18-12-22-23(31-16-30-22)13-21(18)25-24)15-26(14-17-7-3-1-4-8-17)32(28,29)20-9-5-2-6-10-20/h1-13H,14-16H2,(H,25,27). The number of nitrogens with zero attached hydrogens (tertiary/aromatic N) is 1. The first-order chi connectivity index (χ1) is 15.5. The molecule has 0 spiro atoms. The molecule has 0 unspecified atom stereocenters. The number of nitrogens with one attached hydrogen (secondary N) is 1. The summed E-state index contributed by atoms with van der Waals surface area (Å²) in [6.45, 7) is 0.186. The van der Waals surface area contributed by atoms with E-state index < -0.39 is 10.0 Å². The van der Waals surface area contributed by atoms with Gasteiger partial charge in [0.15, 0.2) is 11.5 Å². The molecule has 1 N–H and O–H groups in total. The fourth-order valence-corrected chi connectivity index (χ4v) is 5.13. The second-order valence-corrected chi connectivity index (χ2v) is 9.43. The van der Waals surface area contributed by atoms with Crippen molar-refractivity contribution in [2.75, 3.05) is 6.79 Å². The zero-order valence-corrected chi connectivity index (χ0v) is 17.8. The van der Waals surface area contributed by atoms with Gasteiger partial charge in [-0.25, -0.2) is 8.42 Å². The third kappa shape index (κ3) is 3.86. The van der Waals surface area contributed by atoms with Crippen molar-refractivity contribution in [2.45, 2.75) is 18.0 Å². The van der Waals surface area contributed by atoms with Gasteiger partial charge < -0.3 is 14.5 Å². The molecular weight excluding hydrogens is 428 g/mol. The SMILES string of the molecule is O=c1[nH]c2cc3c(cc2cc1CN(Cc1ccccc1)S(=O)(=O)c1ccccc1)OCO3. The highest BCUT2D eigenvalue weighted by molar-refractivity contribution is 7.89. The lowest BCUT2D eigenvalue weighted by atomic mass is 10.1. The largest absolute Gasteiger partial charge is 0.454 e. The number of hydrogen-bond acceptors (Lipinski definition) is 5. The Kier molecular flexibility index (Phi) is 5.16. The molecule has 0 atom stereocenters. The number of fused-ring (bicyclic) bond motifs is 2. The lowest BCUT2D eigenvalue weighted by molar-refractivity contribution is 0.174. The van der Waals surface area contributed by atoms with Gasteiger partial charge in [0.2, 0.25) is 16.8 Å². The molecule has 8 heteroatoms. The number of benzene rings is 3. The Morgan fingerprint density at radius 3 is 2.22 bits per heavy atom. The smallest absolute Gasteiger partial charge is 0.252 e. The van der Waals surface area contributed by atoms with Crippen LogP contribution >= 0.6 is 0 Å². The Hall–Kier alpha value is -3.62. The second kappa shape index (κ2) is 8.14. The highest BCUT2D eigenvalue weighted by Crippen LogP contribution is 2.35. The molecule has 0 amide bonds. The number of rotatable bonds is 6. The van der Waals surface area contributed by atoms with Crippen molar-refractivity contribution in [3.8, 4) is 11.5 Å². The van der Waals surface area contributed by atoms with E-state index in [9.17, 15) is 13.2 Å². The monoisotopic (exact) mass is 448 g/mol. The van der Waals surface area contributed by atoms with Crippen LogP contribution < -0.4 is 15.0 Å². The molecule has 4 aromatic rings. The third-order valence-electron chi connectivity index (χ3n) is 5.34. The number of pyridine rings is 1. The van der Waals surface area contributed by atoms with Crippen molar-refractivity contribution < 1.29 is 17.9 Å². The van der Waals surface area contributed by atoms with Crippen LogP contribution in [0.25, 0.3) is 10.9 Å². The average molecular weight is 449 g/mol. The van der Waals surface area contributed by atoms with Crippen molar-refractivity contribution >= 4 is 20.9 Å². The Labute approximate surface area is 184 Å². The van der Waals surface area contributed by atoms with E-state index in [2.05, 4.69) is 4.98 Å². The molecule has 162 valence electrons. The van der Waals surface area contributed by atoms with E-state index in [-0.39, 0.29) is 30.3 Å². The van der Waals surface area contributed by atoms with Gasteiger partial charge in [-0.05, 0) is 29.8 Å². The van der Waals surface area contributed by atoms with Gasteiger partial charge in [0.05, 0.1) is 10.4 Å². The minimum atomic E-state index is -3.84. The van der Waals surface area contributed by atoms with E-state index in [1.807, 2.05) is 30.3 Å². The Bertz CT molecular complexity index is 1430. The van der Waals surface area contributed by atoms with E-state index in [1.165, 1.54) is 4.31 Å². The molecule has 0 saturated carbocycles. The molecule has 1 aromatic heterocycles. The first-order valence-corrected chi connectivity index (χ1v) is 11.5. The van der Waals surface area contributed by atoms with Crippen LogP contribution in [-0.2, 0) is 23.1 Å². The Morgan fingerprint density at radius 1 is 0.844 bits per heavy atom. The van der Waals surface area contributed by atoms with E-state index in [0.717, 1.165) is 10.9 Å². The van der Waals surface area contributed by atoms with Gasteiger partial charge in [0, 0.05) is 30.1 Å². The van der Waals surface area contributed by atoms with Gasteiger partial charge in [0.25, 0.3) is 5.56 Å². The lowest BCUT2D eigenvalue weighted by Crippen LogP contribution is -2.32. The van der Waals surface area contributed by atoms with Crippen LogP contribution in [0, 0.1) is 0 Å². The molecule has 7 nitrogen and oxygen atoms in total. The van der Waals surface area contributed by atoms with Crippen molar-refractivity contribution in [2.24, 2.45) is 0 Å². The highest BCUT2D eigenvalue weighted by Gasteiger charge is 2.26. The minimum absolute atomic E-state index is 0.0775. The van der Waals surface area contributed by atoms with Crippen LogP contribution in [0.3, 0.4) is 0 Å². The maximum absolute atomic E-state index is 13.4. The molecule has 0 aliphatic carbocycles. The summed E-state index contributed by atoms with van der Waals surface area (Å²) in [4.78, 5) is 15.8. The zero-order valence-electron chi connectivity index (χ0n) is 17.0. The molecule has 0 fully saturated rings. The van der Waals surface area contributed by atoms with E-state index in [1.54, 1.807) is 48.5 Å². The van der Waals surface area contributed by atoms with Gasteiger partial charge in [-0.1, -0.05) is 48.5 Å². The first-order valence-electron chi connectivity index (χ1n) is 10.1. The average Bonchev–Trinajstić information content (AvgIpc) is 3.26. The van der Waals surface area contributed by atoms with Crippen LogP contribution in [0.5, 0.6) is 11.5 Å². The van der Waals surface area contributed by atoms with Gasteiger partial charge in [-0.3, -0.25) is 4.79 Å². The van der Waals surface area contributed by atoms with E-state index in [4.69, 9.17) is 9.47 Å². The molecule has 0 bridgehead atoms. The third-order valence-corrected chi connectivity index (χ3v) is 7.15. The molecule has 32 heavy (non-hydrogen) atoms. The summed E-state index contributed by atoms with van der Waals surface area (Å²) >= 11 is 0. The molecule has 2 heterocycles. The number of ether oxygens (including phenoxy) is 2. The predicted octanol–water partition coefficient (Wildman–Crippen LogP) is 3.65. The Balaban J connectivity index is 1.56. The van der Waals surface area contributed by atoms with Crippen LogP contribution in [-0.4, -0.2) is 24.5 Å². The maximum atomic E-state index is 13.4. The fourth-order valence-electron chi connectivity index (χ4n) is 3.70. The highest BCUT2D eigenvalue weighted by atomic mass is 32.2. The van der Waals surface area contributed by atoms with Gasteiger partial charge in [-0.15, -0.1) is 0 Å². The van der Waals surface area contributed by atoms with Gasteiger partial charge in [0.1, 0.15) is 0 Å². The maximum Gasteiger partial charge on any atom is 0.252 e. The topological polar surface area (TPSA) is 88.7 Å². The van der Waals surface area contributed by atoms with Gasteiger partial charge >= 0.3 is 0 Å². The normalized spacial score (nSPS) is 13.0. The summed E-state index contributed by atoms with van der Waals surface area (Å²) in [5, 5.41) is 0.737. The zero-order chi connectivity index (χ0) is 22.1. The minimum Gasteiger partial charge on any atom is -0.454 e. The summed E-state index contributed by atoms with van der Waals surface area (Å²) in [7, 11) is -3.84. The van der Waals surface area contributed by atoms with Gasteiger partial charge in [-0.2, -0.15) is 4.31 Å². The summed E-state index contributed by atoms with van der Waals surface area (Å²) in [5.41, 5.74) is 1.42. The second-order valence-electron chi connectivity index (χ2n) is 7.49. The van der Waals surface area contributed by atoms with Crippen LogP contribution in [0.15, 0.2) is 88.6 Å². The van der Waals surface area contributed by atoms with E-state index >= 15 is 0 Å². The summed E-state index contributed by atoms with van der Waals surface area (Å²) in [5.74, 6) is 1.16. The number of hydrogen-bond donors (Lipinski definition) is 1. The molecule has 3 aromatic carbocycles. The first kappa shape index (κ1) is 20.3. The molecule has 1 aliphatic heterocycles.